The number of carbonyl (C=O) groups is 1. The number of hydrogen-bond donors (Lipinski definition) is 0. The molecule has 1 unspecified atom stereocenters. The van der Waals surface area contributed by atoms with Crippen molar-refractivity contribution in [1.82, 2.24) is 4.57 Å². The normalized spacial score (nSPS) is 15.5. The molecule has 10 heteroatoms. The second kappa shape index (κ2) is 11.0. The summed E-state index contributed by atoms with van der Waals surface area (Å²) in [5, 5.41) is 11.2. The minimum Gasteiger partial charge on any atom is -0.460 e. The number of ether oxygens (including phenoxy) is 2. The van der Waals surface area contributed by atoms with E-state index >= 15 is 0 Å². The number of nitro benzene ring substituents is 1. The maximum Gasteiger partial charge on any atom is 0.338 e. The maximum atomic E-state index is 13.7. The number of nitrogens with zero attached hydrogens (tertiary/aromatic N) is 3. The molecule has 1 atom stereocenters. The summed E-state index contributed by atoms with van der Waals surface area (Å²) in [5.41, 5.74) is 2.73. The first kappa shape index (κ1) is 26.2. The Morgan fingerprint density at radius 3 is 2.59 bits per heavy atom. The molecule has 192 valence electrons. The SMILES string of the molecule is COCCOC(=O)C1=C(C)N=c2sc(=Cc3cccc([N+](=O)[O-])c3)c(=O)n2C1c1ccc(C(C)C)cc1. The molecule has 3 aromatic rings. The van der Waals surface area contributed by atoms with E-state index in [9.17, 15) is 19.7 Å². The molecule has 37 heavy (non-hydrogen) atoms. The van der Waals surface area contributed by atoms with Crippen molar-refractivity contribution in [2.45, 2.75) is 32.7 Å². The van der Waals surface area contributed by atoms with Gasteiger partial charge in [0.15, 0.2) is 4.80 Å². The topological polar surface area (TPSA) is 113 Å². The van der Waals surface area contributed by atoms with E-state index in [1.165, 1.54) is 35.1 Å². The van der Waals surface area contributed by atoms with E-state index in [0.29, 0.717) is 26.5 Å². The molecule has 0 amide bonds. The highest BCUT2D eigenvalue weighted by molar-refractivity contribution is 7.07. The first-order valence-electron chi connectivity index (χ1n) is 11.7. The molecule has 1 aliphatic heterocycles. The molecule has 0 aliphatic carbocycles. The molecule has 0 saturated carbocycles. The quantitative estimate of drug-likeness (QED) is 0.194. The van der Waals surface area contributed by atoms with E-state index in [2.05, 4.69) is 18.8 Å². The van der Waals surface area contributed by atoms with Gasteiger partial charge in [-0.3, -0.25) is 19.5 Å². The summed E-state index contributed by atoms with van der Waals surface area (Å²) >= 11 is 1.17. The highest BCUT2D eigenvalue weighted by atomic mass is 32.1. The molecule has 0 saturated heterocycles. The Morgan fingerprint density at radius 1 is 1.22 bits per heavy atom. The van der Waals surface area contributed by atoms with Crippen molar-refractivity contribution in [3.63, 3.8) is 0 Å². The summed E-state index contributed by atoms with van der Waals surface area (Å²) in [7, 11) is 1.52. The Kier molecular flexibility index (Phi) is 7.80. The Labute approximate surface area is 217 Å². The highest BCUT2D eigenvalue weighted by Gasteiger charge is 2.33. The summed E-state index contributed by atoms with van der Waals surface area (Å²) in [6.07, 6.45) is 1.60. The third-order valence-corrected chi connectivity index (χ3v) is 7.04. The number of thiazole rings is 1. The first-order valence-corrected chi connectivity index (χ1v) is 12.6. The molecule has 4 rings (SSSR count). The number of benzene rings is 2. The van der Waals surface area contributed by atoms with Crippen LogP contribution in [0.3, 0.4) is 0 Å². The van der Waals surface area contributed by atoms with Crippen molar-refractivity contribution >= 4 is 29.1 Å². The average Bonchev–Trinajstić information content (AvgIpc) is 3.17. The molecule has 2 heterocycles. The molecule has 0 fully saturated rings. The smallest absolute Gasteiger partial charge is 0.338 e. The second-order valence-electron chi connectivity index (χ2n) is 8.88. The number of esters is 1. The minimum atomic E-state index is -0.736. The standard InChI is InChI=1S/C27H27N3O6S/c1-16(2)19-8-10-20(11-9-19)24-23(26(32)36-13-12-35-4)17(3)28-27-29(24)25(31)22(37-27)15-18-6-5-7-21(14-18)30(33)34/h5-11,14-16,24H,12-13H2,1-4H3. The van der Waals surface area contributed by atoms with Gasteiger partial charge in [-0.15, -0.1) is 0 Å². The minimum absolute atomic E-state index is 0.0680. The number of rotatable bonds is 8. The molecule has 2 aromatic carbocycles. The fourth-order valence-electron chi connectivity index (χ4n) is 4.14. The Hall–Kier alpha value is -3.89. The zero-order valence-corrected chi connectivity index (χ0v) is 21.8. The second-order valence-corrected chi connectivity index (χ2v) is 9.89. The van der Waals surface area contributed by atoms with Crippen molar-refractivity contribution in [2.75, 3.05) is 20.3 Å². The van der Waals surface area contributed by atoms with Crippen molar-refractivity contribution in [2.24, 2.45) is 4.99 Å². The molecule has 9 nitrogen and oxygen atoms in total. The van der Waals surface area contributed by atoms with Gasteiger partial charge in [-0.2, -0.15) is 0 Å². The molecule has 0 bridgehead atoms. The van der Waals surface area contributed by atoms with Gasteiger partial charge >= 0.3 is 5.97 Å². The molecular weight excluding hydrogens is 494 g/mol. The van der Waals surface area contributed by atoms with E-state index in [1.54, 1.807) is 25.1 Å². The van der Waals surface area contributed by atoms with Gasteiger partial charge in [0, 0.05) is 19.2 Å². The number of fused-ring (bicyclic) bond motifs is 1. The van der Waals surface area contributed by atoms with Crippen LogP contribution in [0.1, 0.15) is 49.4 Å². The molecule has 0 spiro atoms. The summed E-state index contributed by atoms with van der Waals surface area (Å²) in [6, 6.07) is 13.1. The van der Waals surface area contributed by atoms with Crippen LogP contribution < -0.4 is 14.9 Å². The zero-order chi connectivity index (χ0) is 26.7. The number of hydrogen-bond acceptors (Lipinski definition) is 8. The van der Waals surface area contributed by atoms with Crippen molar-refractivity contribution in [3.05, 3.63) is 106 Å². The molecule has 0 radical (unpaired) electrons. The maximum absolute atomic E-state index is 13.7. The predicted molar refractivity (Wildman–Crippen MR) is 140 cm³/mol. The van der Waals surface area contributed by atoms with E-state index in [0.717, 1.165) is 11.1 Å². The van der Waals surface area contributed by atoms with Crippen LogP contribution in [0.15, 0.2) is 69.6 Å². The summed E-state index contributed by atoms with van der Waals surface area (Å²) < 4.78 is 12.3. The molecule has 1 aromatic heterocycles. The van der Waals surface area contributed by atoms with E-state index in [4.69, 9.17) is 9.47 Å². The van der Waals surface area contributed by atoms with Crippen molar-refractivity contribution < 1.29 is 19.2 Å². The van der Waals surface area contributed by atoms with E-state index < -0.39 is 16.9 Å². The lowest BCUT2D eigenvalue weighted by Crippen LogP contribution is -2.40. The average molecular weight is 522 g/mol. The van der Waals surface area contributed by atoms with Gasteiger partial charge < -0.3 is 9.47 Å². The summed E-state index contributed by atoms with van der Waals surface area (Å²) in [4.78, 5) is 42.6. The number of carbonyl (C=O) groups excluding carboxylic acids is 1. The number of allylic oxidation sites excluding steroid dienone is 1. The van der Waals surface area contributed by atoms with Gasteiger partial charge in [0.25, 0.3) is 11.2 Å². The van der Waals surface area contributed by atoms with Crippen LogP contribution >= 0.6 is 11.3 Å². The monoisotopic (exact) mass is 521 g/mol. The first-order chi connectivity index (χ1) is 17.7. The van der Waals surface area contributed by atoms with Gasteiger partial charge in [0.2, 0.25) is 0 Å². The van der Waals surface area contributed by atoms with Gasteiger partial charge in [0.1, 0.15) is 6.61 Å². The van der Waals surface area contributed by atoms with Gasteiger partial charge in [-0.05, 0) is 35.6 Å². The molecule has 1 aliphatic rings. The number of methoxy groups -OCH3 is 1. The fourth-order valence-corrected chi connectivity index (χ4v) is 5.18. The Morgan fingerprint density at radius 2 is 1.95 bits per heavy atom. The third kappa shape index (κ3) is 5.45. The highest BCUT2D eigenvalue weighted by Crippen LogP contribution is 2.31. The van der Waals surface area contributed by atoms with Gasteiger partial charge in [-0.25, -0.2) is 9.79 Å². The number of aromatic nitrogens is 1. The van der Waals surface area contributed by atoms with Gasteiger partial charge in [0.05, 0.1) is 33.4 Å². The van der Waals surface area contributed by atoms with Crippen LogP contribution in [0.4, 0.5) is 5.69 Å². The lowest BCUT2D eigenvalue weighted by atomic mass is 9.93. The van der Waals surface area contributed by atoms with Crippen LogP contribution in [0.2, 0.25) is 0 Å². The van der Waals surface area contributed by atoms with Crippen LogP contribution in [0.25, 0.3) is 6.08 Å². The van der Waals surface area contributed by atoms with Crippen LogP contribution in [0, 0.1) is 10.1 Å². The van der Waals surface area contributed by atoms with Crippen molar-refractivity contribution in [3.8, 4) is 0 Å². The molecular formula is C27H27N3O6S. The molecule has 0 N–H and O–H groups in total. The van der Waals surface area contributed by atoms with Crippen LogP contribution in [-0.2, 0) is 14.3 Å². The predicted octanol–water partition coefficient (Wildman–Crippen LogP) is 3.46. The summed E-state index contributed by atoms with van der Waals surface area (Å²) in [5.74, 6) is -0.245. The van der Waals surface area contributed by atoms with Crippen molar-refractivity contribution in [1.29, 1.82) is 0 Å². The zero-order valence-electron chi connectivity index (χ0n) is 21.0. The number of non-ortho nitro benzene ring substituents is 1. The lowest BCUT2D eigenvalue weighted by Gasteiger charge is -2.25. The van der Waals surface area contributed by atoms with Crippen LogP contribution in [0.5, 0.6) is 0 Å². The third-order valence-electron chi connectivity index (χ3n) is 6.06. The fraction of sp³-hybridized carbons (Fsp3) is 0.296. The lowest BCUT2D eigenvalue weighted by molar-refractivity contribution is -0.384. The largest absolute Gasteiger partial charge is 0.460 e. The van der Waals surface area contributed by atoms with Crippen LogP contribution in [-0.4, -0.2) is 35.8 Å². The van der Waals surface area contributed by atoms with E-state index in [-0.39, 0.29) is 30.0 Å². The van der Waals surface area contributed by atoms with E-state index in [1.807, 2.05) is 24.3 Å². The Bertz CT molecular complexity index is 1550. The summed E-state index contributed by atoms with van der Waals surface area (Å²) in [6.45, 7) is 6.22. The van der Waals surface area contributed by atoms with Gasteiger partial charge in [-0.1, -0.05) is 61.6 Å². The number of nitro groups is 1. The Balaban J connectivity index is 1.88.